The minimum Gasteiger partial charge on any atom is -0.493 e. The van der Waals surface area contributed by atoms with Gasteiger partial charge in [0, 0.05) is 6.54 Å². The Balaban J connectivity index is 1.88. The Hall–Kier alpha value is -2.04. The molecular weight excluding hydrogens is 246 g/mol. The number of fused-ring (bicyclic) bond motifs is 1. The summed E-state index contributed by atoms with van der Waals surface area (Å²) in [4.78, 5) is 22.0. The molecule has 0 spiro atoms. The van der Waals surface area contributed by atoms with Crippen molar-refractivity contribution in [2.45, 2.75) is 25.7 Å². The molecule has 0 saturated heterocycles. The zero-order chi connectivity index (χ0) is 13.7. The van der Waals surface area contributed by atoms with Gasteiger partial charge in [0.05, 0.1) is 19.4 Å². The van der Waals surface area contributed by atoms with Gasteiger partial charge in [-0.05, 0) is 30.0 Å². The number of ether oxygens (including phenoxy) is 1. The van der Waals surface area contributed by atoms with Crippen LogP contribution in [-0.4, -0.2) is 30.1 Å². The van der Waals surface area contributed by atoms with Gasteiger partial charge in [-0.15, -0.1) is 0 Å². The standard InChI is InChI=1S/C14H17NO4/c16-13(15-6-5-14(17)18)9-10-3-4-12-11(8-10)2-1-7-19-12/h3-4,8H,1-2,5-7,9H2,(H,15,16)(H,17,18). The predicted octanol–water partition coefficient (Wildman–Crippen LogP) is 1.14. The third-order valence-electron chi connectivity index (χ3n) is 3.00. The molecule has 5 nitrogen and oxygen atoms in total. The molecule has 19 heavy (non-hydrogen) atoms. The first-order valence-electron chi connectivity index (χ1n) is 6.38. The Morgan fingerprint density at radius 2 is 2.21 bits per heavy atom. The van der Waals surface area contributed by atoms with Crippen LogP contribution in [0.15, 0.2) is 18.2 Å². The summed E-state index contributed by atoms with van der Waals surface area (Å²) < 4.78 is 5.51. The molecule has 102 valence electrons. The minimum absolute atomic E-state index is 0.0518. The lowest BCUT2D eigenvalue weighted by atomic mass is 10.0. The summed E-state index contributed by atoms with van der Waals surface area (Å²) in [6, 6.07) is 5.76. The number of carboxylic acids is 1. The highest BCUT2D eigenvalue weighted by molar-refractivity contribution is 5.79. The highest BCUT2D eigenvalue weighted by Crippen LogP contribution is 2.25. The van der Waals surface area contributed by atoms with Gasteiger partial charge in [-0.3, -0.25) is 9.59 Å². The molecule has 0 bridgehead atoms. The molecule has 1 aromatic carbocycles. The van der Waals surface area contributed by atoms with E-state index in [1.807, 2.05) is 18.2 Å². The number of amides is 1. The summed E-state index contributed by atoms with van der Waals surface area (Å²) in [5.74, 6) is -0.162. The SMILES string of the molecule is O=C(O)CCNC(=O)Cc1ccc2c(c1)CCCO2. The summed E-state index contributed by atoms with van der Waals surface area (Å²) in [5.41, 5.74) is 2.07. The molecule has 0 saturated carbocycles. The summed E-state index contributed by atoms with van der Waals surface area (Å²) >= 11 is 0. The number of carbonyl (C=O) groups is 2. The number of carboxylic acid groups (broad SMARTS) is 1. The van der Waals surface area contributed by atoms with Crippen LogP contribution in [-0.2, 0) is 22.4 Å². The number of carbonyl (C=O) groups excluding carboxylic acids is 1. The highest BCUT2D eigenvalue weighted by Gasteiger charge is 2.12. The second-order valence-electron chi connectivity index (χ2n) is 4.56. The van der Waals surface area contributed by atoms with Gasteiger partial charge >= 0.3 is 5.97 Å². The summed E-state index contributed by atoms with van der Waals surface area (Å²) in [5, 5.41) is 11.1. The van der Waals surface area contributed by atoms with E-state index in [0.29, 0.717) is 0 Å². The van der Waals surface area contributed by atoms with E-state index in [2.05, 4.69) is 5.32 Å². The molecule has 0 radical (unpaired) electrons. The van der Waals surface area contributed by atoms with Crippen molar-refractivity contribution in [3.05, 3.63) is 29.3 Å². The maximum absolute atomic E-state index is 11.6. The third kappa shape index (κ3) is 3.98. The topological polar surface area (TPSA) is 75.6 Å². The van der Waals surface area contributed by atoms with Crippen LogP contribution in [0.4, 0.5) is 0 Å². The van der Waals surface area contributed by atoms with E-state index in [9.17, 15) is 9.59 Å². The average Bonchev–Trinajstić information content (AvgIpc) is 2.38. The van der Waals surface area contributed by atoms with Gasteiger partial charge in [-0.1, -0.05) is 12.1 Å². The van der Waals surface area contributed by atoms with Crippen LogP contribution in [0.3, 0.4) is 0 Å². The Bertz CT molecular complexity index is 484. The fraction of sp³-hybridized carbons (Fsp3) is 0.429. The third-order valence-corrected chi connectivity index (χ3v) is 3.00. The molecule has 1 aromatic rings. The van der Waals surface area contributed by atoms with Crippen molar-refractivity contribution in [3.8, 4) is 5.75 Å². The number of hydrogen-bond acceptors (Lipinski definition) is 3. The number of rotatable bonds is 5. The van der Waals surface area contributed by atoms with Crippen molar-refractivity contribution < 1.29 is 19.4 Å². The van der Waals surface area contributed by atoms with Crippen molar-refractivity contribution in [2.75, 3.05) is 13.2 Å². The van der Waals surface area contributed by atoms with Gasteiger partial charge in [-0.25, -0.2) is 0 Å². The summed E-state index contributed by atoms with van der Waals surface area (Å²) in [7, 11) is 0. The van der Waals surface area contributed by atoms with Crippen LogP contribution >= 0.6 is 0 Å². The number of benzene rings is 1. The number of nitrogens with one attached hydrogen (secondary N) is 1. The Kier molecular flexibility index (Phi) is 4.39. The van der Waals surface area contributed by atoms with Crippen LogP contribution in [0, 0.1) is 0 Å². The second-order valence-corrected chi connectivity index (χ2v) is 4.56. The molecule has 2 N–H and O–H groups in total. The quantitative estimate of drug-likeness (QED) is 0.835. The molecule has 2 rings (SSSR count). The van der Waals surface area contributed by atoms with Crippen LogP contribution in [0.1, 0.15) is 24.0 Å². The van der Waals surface area contributed by atoms with Gasteiger partial charge in [-0.2, -0.15) is 0 Å². The molecule has 1 aliphatic rings. The zero-order valence-corrected chi connectivity index (χ0v) is 10.6. The van der Waals surface area contributed by atoms with Crippen LogP contribution in [0.2, 0.25) is 0 Å². The lowest BCUT2D eigenvalue weighted by Crippen LogP contribution is -2.27. The van der Waals surface area contributed by atoms with Gasteiger partial charge < -0.3 is 15.2 Å². The maximum Gasteiger partial charge on any atom is 0.305 e. The van der Waals surface area contributed by atoms with E-state index in [1.54, 1.807) is 0 Å². The monoisotopic (exact) mass is 263 g/mol. The second kappa shape index (κ2) is 6.22. The van der Waals surface area contributed by atoms with Gasteiger partial charge in [0.25, 0.3) is 0 Å². The molecule has 5 heteroatoms. The molecule has 0 aromatic heterocycles. The van der Waals surface area contributed by atoms with Gasteiger partial charge in [0.15, 0.2) is 0 Å². The van der Waals surface area contributed by atoms with E-state index in [1.165, 1.54) is 0 Å². The van der Waals surface area contributed by atoms with Crippen molar-refractivity contribution in [2.24, 2.45) is 0 Å². The average molecular weight is 263 g/mol. The molecular formula is C14H17NO4. The molecule has 1 amide bonds. The Morgan fingerprint density at radius 1 is 1.37 bits per heavy atom. The van der Waals surface area contributed by atoms with Crippen molar-refractivity contribution in [1.82, 2.24) is 5.32 Å². The molecule has 1 aliphatic heterocycles. The molecule has 1 heterocycles. The smallest absolute Gasteiger partial charge is 0.305 e. The van der Waals surface area contributed by atoms with E-state index >= 15 is 0 Å². The minimum atomic E-state index is -0.911. The van der Waals surface area contributed by atoms with Crippen LogP contribution in [0.5, 0.6) is 5.75 Å². The van der Waals surface area contributed by atoms with Crippen LogP contribution in [0.25, 0.3) is 0 Å². The number of hydrogen-bond donors (Lipinski definition) is 2. The van der Waals surface area contributed by atoms with E-state index in [0.717, 1.165) is 36.3 Å². The summed E-state index contributed by atoms with van der Waals surface area (Å²) in [6.07, 6.45) is 2.20. The molecule has 0 aliphatic carbocycles. The normalized spacial score (nSPS) is 13.3. The van der Waals surface area contributed by atoms with Crippen molar-refractivity contribution >= 4 is 11.9 Å². The first-order chi connectivity index (χ1) is 9.15. The predicted molar refractivity (Wildman–Crippen MR) is 69.2 cm³/mol. The lowest BCUT2D eigenvalue weighted by Gasteiger charge is -2.17. The van der Waals surface area contributed by atoms with Gasteiger partial charge in [0.2, 0.25) is 5.91 Å². The number of aryl methyl sites for hydroxylation is 1. The lowest BCUT2D eigenvalue weighted by molar-refractivity contribution is -0.136. The first-order valence-corrected chi connectivity index (χ1v) is 6.38. The molecule has 0 unspecified atom stereocenters. The zero-order valence-electron chi connectivity index (χ0n) is 10.6. The highest BCUT2D eigenvalue weighted by atomic mass is 16.5. The van der Waals surface area contributed by atoms with Crippen molar-refractivity contribution in [3.63, 3.8) is 0 Å². The van der Waals surface area contributed by atoms with Crippen molar-refractivity contribution in [1.29, 1.82) is 0 Å². The maximum atomic E-state index is 11.6. The van der Waals surface area contributed by atoms with E-state index in [-0.39, 0.29) is 25.3 Å². The first kappa shape index (κ1) is 13.4. The molecule has 0 fully saturated rings. The van der Waals surface area contributed by atoms with Gasteiger partial charge in [0.1, 0.15) is 5.75 Å². The summed E-state index contributed by atoms with van der Waals surface area (Å²) in [6.45, 7) is 0.921. The Morgan fingerprint density at radius 3 is 3.00 bits per heavy atom. The number of aliphatic carboxylic acids is 1. The van der Waals surface area contributed by atoms with E-state index < -0.39 is 5.97 Å². The van der Waals surface area contributed by atoms with Crippen LogP contribution < -0.4 is 10.1 Å². The molecule has 0 atom stereocenters. The largest absolute Gasteiger partial charge is 0.493 e. The van der Waals surface area contributed by atoms with E-state index in [4.69, 9.17) is 9.84 Å². The Labute approximate surface area is 111 Å². The fourth-order valence-electron chi connectivity index (χ4n) is 2.08. The fourth-order valence-corrected chi connectivity index (χ4v) is 2.08.